The van der Waals surface area contributed by atoms with Gasteiger partial charge in [-0.1, -0.05) is 67.3 Å². The Morgan fingerprint density at radius 3 is 2.58 bits per heavy atom. The number of benzene rings is 2. The number of anilines is 1. The number of nitrogens with zero attached hydrogens (tertiary/aromatic N) is 1. The molecule has 2 aromatic carbocycles. The molecule has 1 aliphatic carbocycles. The van der Waals surface area contributed by atoms with E-state index in [1.807, 2.05) is 68.5 Å². The van der Waals surface area contributed by atoms with Crippen LogP contribution in [0.1, 0.15) is 48.8 Å². The molecule has 210 valence electrons. The van der Waals surface area contributed by atoms with Crippen molar-refractivity contribution in [3.8, 4) is 0 Å². The molecule has 8 heteroatoms. The van der Waals surface area contributed by atoms with Gasteiger partial charge in [0.15, 0.2) is 0 Å². The number of rotatable bonds is 7. The van der Waals surface area contributed by atoms with Crippen LogP contribution in [0.4, 0.5) is 5.69 Å². The van der Waals surface area contributed by atoms with Gasteiger partial charge in [0.05, 0.1) is 17.9 Å². The zero-order valence-corrected chi connectivity index (χ0v) is 23.7. The van der Waals surface area contributed by atoms with Crippen molar-refractivity contribution in [2.24, 2.45) is 11.8 Å². The molecule has 6 rings (SSSR count). The minimum atomic E-state index is -1.17. The van der Waals surface area contributed by atoms with Crippen LogP contribution in [0.25, 0.3) is 0 Å². The van der Waals surface area contributed by atoms with E-state index < -0.39 is 29.6 Å². The maximum atomic E-state index is 14.2. The summed E-state index contributed by atoms with van der Waals surface area (Å²) in [5, 5.41) is 6.87. The van der Waals surface area contributed by atoms with Crippen molar-refractivity contribution in [1.29, 1.82) is 0 Å². The molecule has 1 saturated carbocycles. The van der Waals surface area contributed by atoms with Gasteiger partial charge < -0.3 is 20.3 Å². The molecule has 2 saturated heterocycles. The first-order chi connectivity index (χ1) is 19.3. The zero-order chi connectivity index (χ0) is 28.0. The third kappa shape index (κ3) is 4.63. The highest BCUT2D eigenvalue weighted by Gasteiger charge is 2.72. The number of ether oxygens (including phenoxy) is 1. The number of carbonyl (C=O) groups excluding carboxylic acids is 3. The maximum Gasteiger partial charge on any atom is 0.246 e. The summed E-state index contributed by atoms with van der Waals surface area (Å²) in [5.41, 5.74) is 2.62. The molecule has 40 heavy (non-hydrogen) atoms. The van der Waals surface area contributed by atoms with Crippen LogP contribution in [-0.2, 0) is 25.5 Å². The van der Waals surface area contributed by atoms with Crippen LogP contribution in [-0.4, -0.2) is 53.0 Å². The average Bonchev–Trinajstić information content (AvgIpc) is 3.58. The summed E-state index contributed by atoms with van der Waals surface area (Å²) in [6.45, 7) is 4.32. The predicted octanol–water partition coefficient (Wildman–Crippen LogP) is 4.74. The highest BCUT2D eigenvalue weighted by Crippen LogP contribution is 2.55. The van der Waals surface area contributed by atoms with Gasteiger partial charge in [0.2, 0.25) is 17.7 Å². The van der Waals surface area contributed by atoms with Crippen LogP contribution in [0.2, 0.25) is 5.02 Å². The zero-order valence-electron chi connectivity index (χ0n) is 23.0. The molecule has 2 N–H and O–H groups in total. The Morgan fingerprint density at radius 2 is 1.82 bits per heavy atom. The molecular weight excluding hydrogens is 526 g/mol. The Hall–Kier alpha value is -3.16. The second kappa shape index (κ2) is 10.7. The molecule has 0 unspecified atom stereocenters. The third-order valence-electron chi connectivity index (χ3n) is 9.23. The summed E-state index contributed by atoms with van der Waals surface area (Å²) in [5.74, 6) is -2.20. The van der Waals surface area contributed by atoms with Gasteiger partial charge >= 0.3 is 0 Å². The minimum absolute atomic E-state index is 0.0867. The molecule has 7 nitrogen and oxygen atoms in total. The van der Waals surface area contributed by atoms with Crippen molar-refractivity contribution in [2.45, 2.75) is 76.2 Å². The van der Waals surface area contributed by atoms with E-state index in [0.29, 0.717) is 23.7 Å². The molecule has 3 amide bonds. The van der Waals surface area contributed by atoms with Gasteiger partial charge in [-0.15, -0.1) is 0 Å². The predicted molar refractivity (Wildman–Crippen MR) is 154 cm³/mol. The van der Waals surface area contributed by atoms with Gasteiger partial charge in [0.25, 0.3) is 0 Å². The Labute approximate surface area is 240 Å². The van der Waals surface area contributed by atoms with Crippen molar-refractivity contribution < 1.29 is 19.1 Å². The molecular formula is C32H36ClN3O4. The lowest BCUT2D eigenvalue weighted by Gasteiger charge is -2.34. The van der Waals surface area contributed by atoms with Gasteiger partial charge in [-0.3, -0.25) is 14.4 Å². The molecule has 1 spiro atoms. The monoisotopic (exact) mass is 561 g/mol. The Morgan fingerprint density at radius 1 is 1.05 bits per heavy atom. The second-order valence-corrected chi connectivity index (χ2v) is 12.1. The van der Waals surface area contributed by atoms with E-state index in [4.69, 9.17) is 16.3 Å². The third-order valence-corrected chi connectivity index (χ3v) is 9.60. The number of nitrogens with one attached hydrogen (secondary N) is 2. The molecule has 3 heterocycles. The summed E-state index contributed by atoms with van der Waals surface area (Å²) in [4.78, 5) is 43.5. The van der Waals surface area contributed by atoms with Crippen molar-refractivity contribution >= 4 is 35.0 Å². The van der Waals surface area contributed by atoms with Crippen molar-refractivity contribution in [3.63, 3.8) is 0 Å². The number of hydrogen-bond acceptors (Lipinski definition) is 4. The first-order valence-electron chi connectivity index (χ1n) is 14.4. The van der Waals surface area contributed by atoms with Gasteiger partial charge in [-0.2, -0.15) is 0 Å². The fourth-order valence-corrected chi connectivity index (χ4v) is 7.25. The van der Waals surface area contributed by atoms with Gasteiger partial charge in [0, 0.05) is 23.3 Å². The average molecular weight is 562 g/mol. The molecule has 4 aliphatic rings. The van der Waals surface area contributed by atoms with E-state index in [9.17, 15) is 14.4 Å². The van der Waals surface area contributed by atoms with Crippen LogP contribution in [0, 0.1) is 25.7 Å². The maximum absolute atomic E-state index is 14.2. The first-order valence-corrected chi connectivity index (χ1v) is 14.8. The number of aryl methyl sites for hydroxylation is 2. The van der Waals surface area contributed by atoms with E-state index >= 15 is 0 Å². The number of amides is 3. The highest BCUT2D eigenvalue weighted by molar-refractivity contribution is 6.31. The SMILES string of the molecule is Cc1ccc(NC(=O)[C@H]2[C@@H]3C=C[C@]4(O3)[C@@H]2C(=O)N(CCc2ccccc2Cl)[C@@H]4C(=O)NC2CCCCC2)cc1C. The van der Waals surface area contributed by atoms with Crippen LogP contribution in [0.3, 0.4) is 0 Å². The van der Waals surface area contributed by atoms with E-state index in [1.54, 1.807) is 4.90 Å². The Kier molecular flexibility index (Phi) is 7.21. The smallest absolute Gasteiger partial charge is 0.246 e. The summed E-state index contributed by atoms with van der Waals surface area (Å²) in [7, 11) is 0. The minimum Gasteiger partial charge on any atom is -0.359 e. The number of halogens is 1. The lowest BCUT2D eigenvalue weighted by molar-refractivity contribution is -0.141. The van der Waals surface area contributed by atoms with E-state index in [-0.39, 0.29) is 23.8 Å². The quantitative estimate of drug-likeness (QED) is 0.478. The number of likely N-dealkylation sites (tertiary alicyclic amines) is 1. The summed E-state index contributed by atoms with van der Waals surface area (Å²) in [6.07, 6.45) is 8.86. The van der Waals surface area contributed by atoms with Crippen LogP contribution < -0.4 is 10.6 Å². The van der Waals surface area contributed by atoms with Crippen molar-refractivity contribution in [3.05, 3.63) is 76.3 Å². The van der Waals surface area contributed by atoms with E-state index in [0.717, 1.165) is 42.4 Å². The molecule has 2 aromatic rings. The summed E-state index contributed by atoms with van der Waals surface area (Å²) in [6, 6.07) is 12.5. The largest absolute Gasteiger partial charge is 0.359 e. The Bertz CT molecular complexity index is 1370. The number of fused-ring (bicyclic) bond motifs is 1. The number of hydrogen-bond donors (Lipinski definition) is 2. The van der Waals surface area contributed by atoms with Crippen LogP contribution in [0.15, 0.2) is 54.6 Å². The molecule has 0 radical (unpaired) electrons. The second-order valence-electron chi connectivity index (χ2n) is 11.7. The first kappa shape index (κ1) is 27.0. The molecule has 3 fully saturated rings. The van der Waals surface area contributed by atoms with Crippen LogP contribution >= 0.6 is 11.6 Å². The van der Waals surface area contributed by atoms with Crippen molar-refractivity contribution in [2.75, 3.05) is 11.9 Å². The lowest BCUT2D eigenvalue weighted by Crippen LogP contribution is -2.56. The fraction of sp³-hybridized carbons (Fsp3) is 0.469. The van der Waals surface area contributed by atoms with Gasteiger partial charge in [-0.05, 0) is 68.0 Å². The van der Waals surface area contributed by atoms with E-state index in [2.05, 4.69) is 10.6 Å². The normalized spacial score (nSPS) is 29.1. The van der Waals surface area contributed by atoms with Crippen LogP contribution in [0.5, 0.6) is 0 Å². The standard InChI is InChI=1S/C32H36ClN3O4/c1-19-12-13-23(18-20(19)2)35-29(37)26-25-14-16-32(40-25)27(26)31(39)36(17-15-21-8-6-7-11-24(21)33)28(32)30(38)34-22-9-4-3-5-10-22/h6-8,11-14,16,18,22,25-28H,3-5,9-10,15,17H2,1-2H3,(H,34,38)(H,35,37)/t25-,26-,27-,28+,32-/m0/s1. The molecule has 2 bridgehead atoms. The lowest BCUT2D eigenvalue weighted by atomic mass is 9.74. The van der Waals surface area contributed by atoms with Gasteiger partial charge in [-0.25, -0.2) is 0 Å². The molecule has 3 aliphatic heterocycles. The molecule has 5 atom stereocenters. The summed E-state index contributed by atoms with van der Waals surface area (Å²) >= 11 is 6.42. The fourth-order valence-electron chi connectivity index (χ4n) is 7.02. The van der Waals surface area contributed by atoms with Gasteiger partial charge in [0.1, 0.15) is 11.6 Å². The topological polar surface area (TPSA) is 87.7 Å². The summed E-state index contributed by atoms with van der Waals surface area (Å²) < 4.78 is 6.48. The highest BCUT2D eigenvalue weighted by atomic mass is 35.5. The Balaban J connectivity index is 1.30. The van der Waals surface area contributed by atoms with Crippen molar-refractivity contribution in [1.82, 2.24) is 10.2 Å². The number of carbonyl (C=O) groups is 3. The molecule has 0 aromatic heterocycles. The van der Waals surface area contributed by atoms with E-state index in [1.165, 1.54) is 6.42 Å².